The minimum absolute atomic E-state index is 0.00305. The highest BCUT2D eigenvalue weighted by molar-refractivity contribution is 6.15. The number of rotatable bonds is 2. The summed E-state index contributed by atoms with van der Waals surface area (Å²) in [6.07, 6.45) is 4.77. The second-order valence-corrected chi connectivity index (χ2v) is 9.07. The number of hydrogen-bond acceptors (Lipinski definition) is 5. The third-order valence-electron chi connectivity index (χ3n) is 8.16. The molecular formula is C20H28O5. The average molecular weight is 348 g/mol. The highest BCUT2D eigenvalue weighted by Crippen LogP contribution is 2.67. The summed E-state index contributed by atoms with van der Waals surface area (Å²) in [6.45, 7) is 6.18. The van der Waals surface area contributed by atoms with Crippen molar-refractivity contribution in [1.29, 1.82) is 0 Å². The molecular weight excluding hydrogens is 320 g/mol. The molecule has 0 aromatic heterocycles. The molecule has 0 amide bonds. The maximum atomic E-state index is 13.1. The van der Waals surface area contributed by atoms with Crippen LogP contribution in [0.4, 0.5) is 0 Å². The quantitative estimate of drug-likeness (QED) is 0.452. The highest BCUT2D eigenvalue weighted by atomic mass is 16.5. The number of allylic oxidation sites excluding steroid dienone is 1. The van der Waals surface area contributed by atoms with E-state index in [1.807, 2.05) is 6.92 Å². The molecule has 4 rings (SSSR count). The maximum absolute atomic E-state index is 13.1. The molecule has 6 atom stereocenters. The molecule has 0 radical (unpaired) electrons. The molecule has 4 aliphatic rings. The van der Waals surface area contributed by atoms with Crippen LogP contribution < -0.4 is 0 Å². The van der Waals surface area contributed by atoms with E-state index in [0.717, 1.165) is 32.1 Å². The number of carbonyl (C=O) groups is 2. The van der Waals surface area contributed by atoms with E-state index in [9.17, 15) is 19.8 Å². The van der Waals surface area contributed by atoms with Gasteiger partial charge in [0.05, 0.1) is 6.61 Å². The van der Waals surface area contributed by atoms with Crippen LogP contribution >= 0.6 is 0 Å². The molecule has 2 N–H and O–H groups in total. The van der Waals surface area contributed by atoms with Gasteiger partial charge >= 0.3 is 5.97 Å². The Morgan fingerprint density at radius 3 is 2.68 bits per heavy atom. The Balaban J connectivity index is 1.85. The Hall–Kier alpha value is -1.20. The Labute approximate surface area is 148 Å². The Morgan fingerprint density at radius 2 is 2.00 bits per heavy atom. The van der Waals surface area contributed by atoms with Gasteiger partial charge in [0, 0.05) is 18.6 Å². The predicted molar refractivity (Wildman–Crippen MR) is 90.4 cm³/mol. The lowest BCUT2D eigenvalue weighted by molar-refractivity contribution is -0.220. The summed E-state index contributed by atoms with van der Waals surface area (Å²) in [6, 6.07) is 0. The first kappa shape index (κ1) is 17.2. The Morgan fingerprint density at radius 1 is 1.24 bits per heavy atom. The number of aliphatic hydroxyl groups is 2. The summed E-state index contributed by atoms with van der Waals surface area (Å²) in [5.41, 5.74) is -1.35. The van der Waals surface area contributed by atoms with Crippen LogP contribution in [-0.4, -0.2) is 41.8 Å². The summed E-state index contributed by atoms with van der Waals surface area (Å²) in [5.74, 6) is -0.715. The number of carbonyl (C=O) groups excluding carboxylic acids is 2. The smallest absolute Gasteiger partial charge is 0.320 e. The number of cyclic esters (lactones) is 1. The van der Waals surface area contributed by atoms with Crippen molar-refractivity contribution in [2.24, 2.45) is 34.0 Å². The number of aliphatic hydroxyl groups excluding tert-OH is 2. The molecule has 1 heterocycles. The van der Waals surface area contributed by atoms with Gasteiger partial charge in [0.1, 0.15) is 5.41 Å². The standard InChI is InChI=1S/C20H28O5/c1-12-13-4-5-14-19(7-3-6-18(2,10-22)15(19)9-21)11-25-17(24)20(14,8-13)16(12)23/h13-15,21-22H,1,3-11H2,2H3/t13-,14?,15?,18?,19?,20-/m1/s1. The first-order valence-corrected chi connectivity index (χ1v) is 9.48. The monoisotopic (exact) mass is 348 g/mol. The van der Waals surface area contributed by atoms with Crippen LogP contribution in [0.3, 0.4) is 0 Å². The molecule has 0 aromatic carbocycles. The van der Waals surface area contributed by atoms with Gasteiger partial charge in [-0.25, -0.2) is 0 Å². The van der Waals surface area contributed by atoms with Crippen LogP contribution in [-0.2, 0) is 14.3 Å². The van der Waals surface area contributed by atoms with E-state index >= 15 is 0 Å². The largest absolute Gasteiger partial charge is 0.464 e. The van der Waals surface area contributed by atoms with Crippen LogP contribution in [0.15, 0.2) is 12.2 Å². The molecule has 3 aliphatic carbocycles. The summed E-state index contributed by atoms with van der Waals surface area (Å²) in [7, 11) is 0. The number of esters is 1. The van der Waals surface area contributed by atoms with Gasteiger partial charge < -0.3 is 14.9 Å². The molecule has 1 saturated heterocycles. The van der Waals surface area contributed by atoms with Crippen LogP contribution in [0.5, 0.6) is 0 Å². The van der Waals surface area contributed by atoms with Crippen LogP contribution in [0.25, 0.3) is 0 Å². The van der Waals surface area contributed by atoms with Gasteiger partial charge in [0.2, 0.25) is 0 Å². The summed E-state index contributed by atoms with van der Waals surface area (Å²) in [4.78, 5) is 25.9. The van der Waals surface area contributed by atoms with Gasteiger partial charge in [-0.1, -0.05) is 19.9 Å². The van der Waals surface area contributed by atoms with Crippen molar-refractivity contribution >= 4 is 11.8 Å². The zero-order chi connectivity index (χ0) is 18.0. The molecule has 4 fully saturated rings. The molecule has 2 bridgehead atoms. The van der Waals surface area contributed by atoms with Crippen molar-refractivity contribution in [2.75, 3.05) is 19.8 Å². The van der Waals surface area contributed by atoms with E-state index in [1.165, 1.54) is 0 Å². The third-order valence-corrected chi connectivity index (χ3v) is 8.16. The molecule has 0 aromatic rings. The van der Waals surface area contributed by atoms with Gasteiger partial charge in [0.15, 0.2) is 5.78 Å². The van der Waals surface area contributed by atoms with Crippen LogP contribution in [0, 0.1) is 34.0 Å². The van der Waals surface area contributed by atoms with Gasteiger partial charge in [-0.3, -0.25) is 9.59 Å². The zero-order valence-corrected chi connectivity index (χ0v) is 14.9. The van der Waals surface area contributed by atoms with Crippen molar-refractivity contribution in [3.63, 3.8) is 0 Å². The number of ketones is 1. The highest BCUT2D eigenvalue weighted by Gasteiger charge is 2.71. The van der Waals surface area contributed by atoms with Crippen molar-refractivity contribution in [2.45, 2.75) is 45.4 Å². The first-order chi connectivity index (χ1) is 11.9. The average Bonchev–Trinajstić information content (AvgIpc) is 2.80. The minimum Gasteiger partial charge on any atom is -0.464 e. The number of fused-ring (bicyclic) bond motifs is 2. The number of Topliss-reactive ketones (excluding diaryl/α,β-unsaturated/α-hetero) is 1. The Kier molecular flexibility index (Phi) is 3.72. The normalized spacial score (nSPS) is 49.2. The van der Waals surface area contributed by atoms with E-state index in [-0.39, 0.29) is 49.3 Å². The van der Waals surface area contributed by atoms with E-state index in [2.05, 4.69) is 6.58 Å². The van der Waals surface area contributed by atoms with Crippen LogP contribution in [0.1, 0.15) is 45.4 Å². The summed E-state index contributed by atoms with van der Waals surface area (Å²) < 4.78 is 5.66. The predicted octanol–water partition coefficient (Wildman–Crippen LogP) is 1.86. The van der Waals surface area contributed by atoms with Gasteiger partial charge in [0.25, 0.3) is 0 Å². The second kappa shape index (κ2) is 5.40. The lowest BCUT2D eigenvalue weighted by atomic mass is 9.44. The Bertz CT molecular complexity index is 642. The summed E-state index contributed by atoms with van der Waals surface area (Å²) >= 11 is 0. The second-order valence-electron chi connectivity index (χ2n) is 9.07. The molecule has 3 saturated carbocycles. The van der Waals surface area contributed by atoms with E-state index in [0.29, 0.717) is 12.0 Å². The van der Waals surface area contributed by atoms with Crippen molar-refractivity contribution in [1.82, 2.24) is 0 Å². The van der Waals surface area contributed by atoms with Gasteiger partial charge in [-0.2, -0.15) is 0 Å². The summed E-state index contributed by atoms with van der Waals surface area (Å²) in [5, 5.41) is 20.3. The van der Waals surface area contributed by atoms with E-state index < -0.39 is 16.2 Å². The van der Waals surface area contributed by atoms with E-state index in [1.54, 1.807) is 0 Å². The van der Waals surface area contributed by atoms with Crippen molar-refractivity contribution < 1.29 is 24.5 Å². The fourth-order valence-electron chi connectivity index (χ4n) is 6.84. The fourth-order valence-corrected chi connectivity index (χ4v) is 6.84. The lowest BCUT2D eigenvalue weighted by Gasteiger charge is -2.61. The topological polar surface area (TPSA) is 83.8 Å². The third kappa shape index (κ3) is 1.91. The molecule has 5 heteroatoms. The molecule has 138 valence electrons. The van der Waals surface area contributed by atoms with Gasteiger partial charge in [-0.15, -0.1) is 0 Å². The molecule has 25 heavy (non-hydrogen) atoms. The molecule has 5 nitrogen and oxygen atoms in total. The zero-order valence-electron chi connectivity index (χ0n) is 14.9. The van der Waals surface area contributed by atoms with Crippen molar-refractivity contribution in [3.05, 3.63) is 12.2 Å². The molecule has 2 spiro atoms. The first-order valence-electron chi connectivity index (χ1n) is 9.48. The van der Waals surface area contributed by atoms with Crippen molar-refractivity contribution in [3.8, 4) is 0 Å². The molecule has 4 unspecified atom stereocenters. The number of ether oxygens (including phenoxy) is 1. The van der Waals surface area contributed by atoms with E-state index in [4.69, 9.17) is 4.74 Å². The van der Waals surface area contributed by atoms with Crippen LogP contribution in [0.2, 0.25) is 0 Å². The van der Waals surface area contributed by atoms with Gasteiger partial charge in [-0.05, 0) is 60.8 Å². The molecule has 1 aliphatic heterocycles. The fraction of sp³-hybridized carbons (Fsp3) is 0.800. The number of hydrogen-bond donors (Lipinski definition) is 2. The lowest BCUT2D eigenvalue weighted by Crippen LogP contribution is -2.64. The minimum atomic E-state index is -1.10. The maximum Gasteiger partial charge on any atom is 0.320 e. The SMILES string of the molecule is C=C1C(=O)[C@@]23C[C@H]1CCC2C1(CCCC(C)(CO)C1CO)COC3=O.